The zero-order valence-corrected chi connectivity index (χ0v) is 16.0. The predicted octanol–water partition coefficient (Wildman–Crippen LogP) is 2.29. The lowest BCUT2D eigenvalue weighted by molar-refractivity contribution is -0.121. The molecule has 0 aliphatic carbocycles. The molecule has 138 valence electrons. The van der Waals surface area contributed by atoms with E-state index in [-0.39, 0.29) is 12.1 Å². The molecule has 1 aromatic heterocycles. The van der Waals surface area contributed by atoms with Gasteiger partial charge in [0.2, 0.25) is 5.91 Å². The number of nitrogens with zero attached hydrogens (tertiary/aromatic N) is 2. The van der Waals surface area contributed by atoms with E-state index in [1.807, 2.05) is 0 Å². The van der Waals surface area contributed by atoms with Gasteiger partial charge in [0.1, 0.15) is 5.69 Å². The van der Waals surface area contributed by atoms with Crippen LogP contribution in [0.2, 0.25) is 10.0 Å². The van der Waals surface area contributed by atoms with E-state index in [1.165, 1.54) is 11.3 Å². The molecule has 0 bridgehead atoms. The van der Waals surface area contributed by atoms with Crippen molar-refractivity contribution in [1.82, 2.24) is 15.8 Å². The fourth-order valence-electron chi connectivity index (χ4n) is 2.34. The second-order valence-corrected chi connectivity index (χ2v) is 7.21. The number of ether oxygens (including phenoxy) is 1. The van der Waals surface area contributed by atoms with Crippen LogP contribution in [0.4, 0.5) is 5.13 Å². The van der Waals surface area contributed by atoms with Crippen LogP contribution in [0.1, 0.15) is 16.1 Å². The summed E-state index contributed by atoms with van der Waals surface area (Å²) in [6.45, 7) is 2.77. The highest BCUT2D eigenvalue weighted by Crippen LogP contribution is 2.22. The van der Waals surface area contributed by atoms with Gasteiger partial charge < -0.3 is 9.64 Å². The van der Waals surface area contributed by atoms with Gasteiger partial charge >= 0.3 is 0 Å². The minimum absolute atomic E-state index is 0.0202. The van der Waals surface area contributed by atoms with E-state index < -0.39 is 11.8 Å². The van der Waals surface area contributed by atoms with Crippen LogP contribution < -0.4 is 15.8 Å². The highest BCUT2D eigenvalue weighted by molar-refractivity contribution is 7.13. The summed E-state index contributed by atoms with van der Waals surface area (Å²) in [6, 6.07) is 4.88. The van der Waals surface area contributed by atoms with E-state index >= 15 is 0 Å². The molecular formula is C16H16Cl2N4O3S. The van der Waals surface area contributed by atoms with Gasteiger partial charge in [0, 0.05) is 28.5 Å². The van der Waals surface area contributed by atoms with Gasteiger partial charge in [-0.15, -0.1) is 11.3 Å². The Balaban J connectivity index is 1.52. The van der Waals surface area contributed by atoms with Crippen molar-refractivity contribution in [2.75, 3.05) is 31.2 Å². The summed E-state index contributed by atoms with van der Waals surface area (Å²) in [6.07, 6.45) is 0.0202. The highest BCUT2D eigenvalue weighted by Gasteiger charge is 2.18. The van der Waals surface area contributed by atoms with Gasteiger partial charge in [0.15, 0.2) is 5.13 Å². The smallest absolute Gasteiger partial charge is 0.289 e. The Hall–Kier alpha value is -1.87. The van der Waals surface area contributed by atoms with E-state index in [4.69, 9.17) is 27.9 Å². The largest absolute Gasteiger partial charge is 0.378 e. The number of hydrogen-bond acceptors (Lipinski definition) is 6. The lowest BCUT2D eigenvalue weighted by Crippen LogP contribution is -2.42. The van der Waals surface area contributed by atoms with E-state index in [0.717, 1.165) is 18.2 Å². The number of morpholine rings is 1. The Morgan fingerprint density at radius 3 is 2.73 bits per heavy atom. The summed E-state index contributed by atoms with van der Waals surface area (Å²) in [4.78, 5) is 30.5. The third-order valence-electron chi connectivity index (χ3n) is 3.69. The van der Waals surface area contributed by atoms with Crippen molar-refractivity contribution in [2.45, 2.75) is 6.42 Å². The van der Waals surface area contributed by atoms with Crippen LogP contribution in [-0.4, -0.2) is 43.1 Å². The number of carbonyl (C=O) groups is 2. The topological polar surface area (TPSA) is 83.6 Å². The van der Waals surface area contributed by atoms with Gasteiger partial charge in [-0.05, 0) is 17.7 Å². The molecule has 1 saturated heterocycles. The van der Waals surface area contributed by atoms with Crippen LogP contribution in [0.25, 0.3) is 0 Å². The zero-order valence-electron chi connectivity index (χ0n) is 13.6. The molecule has 0 spiro atoms. The molecule has 1 aliphatic heterocycles. The van der Waals surface area contributed by atoms with Crippen molar-refractivity contribution >= 4 is 51.5 Å². The third kappa shape index (κ3) is 4.85. The molecule has 7 nitrogen and oxygen atoms in total. The Morgan fingerprint density at radius 2 is 2.00 bits per heavy atom. The van der Waals surface area contributed by atoms with E-state index in [1.54, 1.807) is 23.6 Å². The molecule has 10 heteroatoms. The van der Waals surface area contributed by atoms with Crippen molar-refractivity contribution in [3.63, 3.8) is 0 Å². The predicted molar refractivity (Wildman–Crippen MR) is 101 cm³/mol. The Kier molecular flexibility index (Phi) is 6.31. The average Bonchev–Trinajstić information content (AvgIpc) is 3.13. The van der Waals surface area contributed by atoms with Gasteiger partial charge in [0.25, 0.3) is 5.91 Å². The molecule has 1 aliphatic rings. The standard InChI is InChI=1S/C16H16Cl2N4O3S/c17-11-2-1-10(12(18)8-11)7-14(23)20-21-15(24)13-9-26-16(19-13)22-3-5-25-6-4-22/h1-2,8-9H,3-7H2,(H,20,23)(H,21,24). The summed E-state index contributed by atoms with van der Waals surface area (Å²) in [5.41, 5.74) is 5.59. The van der Waals surface area contributed by atoms with Gasteiger partial charge in [0.05, 0.1) is 19.6 Å². The summed E-state index contributed by atoms with van der Waals surface area (Å²) in [5.74, 6) is -0.873. The Labute approximate surface area is 164 Å². The molecule has 2 aromatic rings. The van der Waals surface area contributed by atoms with E-state index in [2.05, 4.69) is 20.7 Å². The fourth-order valence-corrected chi connectivity index (χ4v) is 3.68. The maximum Gasteiger partial charge on any atom is 0.289 e. The maximum atomic E-state index is 12.1. The number of amides is 2. The molecule has 0 saturated carbocycles. The second-order valence-electron chi connectivity index (χ2n) is 5.53. The molecule has 1 aromatic carbocycles. The normalized spacial score (nSPS) is 14.2. The molecule has 1 fully saturated rings. The van der Waals surface area contributed by atoms with Crippen LogP contribution in [0.5, 0.6) is 0 Å². The molecule has 3 rings (SSSR count). The van der Waals surface area contributed by atoms with Crippen LogP contribution in [-0.2, 0) is 16.0 Å². The van der Waals surface area contributed by atoms with Crippen LogP contribution in [0.3, 0.4) is 0 Å². The first-order valence-corrected chi connectivity index (χ1v) is 9.48. The molecule has 0 radical (unpaired) electrons. The fraction of sp³-hybridized carbons (Fsp3) is 0.312. The summed E-state index contributed by atoms with van der Waals surface area (Å²) in [7, 11) is 0. The summed E-state index contributed by atoms with van der Waals surface area (Å²) < 4.78 is 5.30. The first-order valence-electron chi connectivity index (χ1n) is 7.84. The molecule has 0 unspecified atom stereocenters. The quantitative estimate of drug-likeness (QED) is 0.749. The second kappa shape index (κ2) is 8.68. The summed E-state index contributed by atoms with van der Waals surface area (Å²) in [5, 5.41) is 3.31. The van der Waals surface area contributed by atoms with Gasteiger partial charge in [-0.1, -0.05) is 29.3 Å². The Bertz CT molecular complexity index is 809. The number of halogens is 2. The number of thiazole rings is 1. The van der Waals surface area contributed by atoms with Crippen molar-refractivity contribution in [3.8, 4) is 0 Å². The van der Waals surface area contributed by atoms with Crippen LogP contribution in [0.15, 0.2) is 23.6 Å². The van der Waals surface area contributed by atoms with Gasteiger partial charge in [-0.2, -0.15) is 0 Å². The van der Waals surface area contributed by atoms with Crippen LogP contribution >= 0.6 is 34.5 Å². The summed E-state index contributed by atoms with van der Waals surface area (Å²) >= 11 is 13.2. The number of aromatic nitrogens is 1. The van der Waals surface area contributed by atoms with E-state index in [9.17, 15) is 9.59 Å². The minimum Gasteiger partial charge on any atom is -0.378 e. The molecule has 26 heavy (non-hydrogen) atoms. The zero-order chi connectivity index (χ0) is 18.5. The first kappa shape index (κ1) is 18.9. The number of anilines is 1. The van der Waals surface area contributed by atoms with Gasteiger partial charge in [-0.25, -0.2) is 4.98 Å². The number of hydrazine groups is 1. The maximum absolute atomic E-state index is 12.1. The molecule has 0 atom stereocenters. The van der Waals surface area contributed by atoms with Crippen molar-refractivity contribution in [2.24, 2.45) is 0 Å². The van der Waals surface area contributed by atoms with Crippen LogP contribution in [0, 0.1) is 0 Å². The first-order chi connectivity index (χ1) is 12.5. The molecule has 2 N–H and O–H groups in total. The average molecular weight is 415 g/mol. The van der Waals surface area contributed by atoms with Crippen molar-refractivity contribution in [1.29, 1.82) is 0 Å². The van der Waals surface area contributed by atoms with Gasteiger partial charge in [-0.3, -0.25) is 20.4 Å². The van der Waals surface area contributed by atoms with E-state index in [0.29, 0.717) is 28.8 Å². The number of rotatable bonds is 4. The van der Waals surface area contributed by atoms with Crippen molar-refractivity contribution < 1.29 is 14.3 Å². The number of carbonyl (C=O) groups excluding carboxylic acids is 2. The lowest BCUT2D eigenvalue weighted by Gasteiger charge is -2.25. The highest BCUT2D eigenvalue weighted by atomic mass is 35.5. The van der Waals surface area contributed by atoms with Crippen molar-refractivity contribution in [3.05, 3.63) is 44.9 Å². The monoisotopic (exact) mass is 414 g/mol. The number of benzene rings is 1. The third-order valence-corrected chi connectivity index (χ3v) is 5.18. The minimum atomic E-state index is -0.476. The Morgan fingerprint density at radius 1 is 1.23 bits per heavy atom. The number of hydrogen-bond donors (Lipinski definition) is 2. The molecule has 2 amide bonds. The lowest BCUT2D eigenvalue weighted by atomic mass is 10.1. The molecular weight excluding hydrogens is 399 g/mol. The molecule has 2 heterocycles. The SMILES string of the molecule is O=C(Cc1ccc(Cl)cc1Cl)NNC(=O)c1csc(N2CCOCC2)n1. The number of nitrogens with one attached hydrogen (secondary N) is 2.